The molecule has 22 heavy (non-hydrogen) atoms. The molecule has 1 fully saturated rings. The van der Waals surface area contributed by atoms with Crippen LogP contribution in [0.4, 0.5) is 4.79 Å². The summed E-state index contributed by atoms with van der Waals surface area (Å²) in [6.45, 7) is 14.3. The maximum Gasteiger partial charge on any atom is 0.410 e. The first-order valence-corrected chi connectivity index (χ1v) is 7.46. The lowest BCUT2D eigenvalue weighted by Crippen LogP contribution is -2.41. The molecule has 0 radical (unpaired) electrons. The molecule has 0 aromatic heterocycles. The fraction of sp³-hybridized carbons (Fsp3) is 0.647. The molecule has 0 unspecified atom stereocenters. The number of hydrogen-bond acceptors (Lipinski definition) is 4. The van der Waals surface area contributed by atoms with E-state index in [0.717, 1.165) is 18.5 Å². The number of amides is 1. The lowest BCUT2D eigenvalue weighted by molar-refractivity contribution is 0.0194. The summed E-state index contributed by atoms with van der Waals surface area (Å²) in [4.78, 5) is 17.7. The average Bonchev–Trinajstić information content (AvgIpc) is 2.44. The number of methoxy groups -OCH3 is 1. The average molecular weight is 310 g/mol. The zero-order chi connectivity index (χ0) is 17.2. The molecule has 0 bridgehead atoms. The van der Waals surface area contributed by atoms with Gasteiger partial charge in [0.2, 0.25) is 0 Å². The Balaban J connectivity index is 0.00000135. The molecular weight excluding hydrogens is 280 g/mol. The van der Waals surface area contributed by atoms with Crippen molar-refractivity contribution in [2.45, 2.75) is 39.2 Å². The van der Waals surface area contributed by atoms with Crippen LogP contribution in [0.15, 0.2) is 29.4 Å². The maximum atomic E-state index is 11.9. The highest BCUT2D eigenvalue weighted by Crippen LogP contribution is 2.26. The number of carbonyl (C=O) groups excluding carboxylic acids is 1. The van der Waals surface area contributed by atoms with Gasteiger partial charge in [-0.1, -0.05) is 12.7 Å². The molecule has 126 valence electrons. The van der Waals surface area contributed by atoms with E-state index < -0.39 is 5.60 Å². The number of nitrogens with zero attached hydrogens (tertiary/aromatic N) is 2. The van der Waals surface area contributed by atoms with Crippen LogP contribution in [-0.4, -0.2) is 50.6 Å². The van der Waals surface area contributed by atoms with Gasteiger partial charge in [-0.25, -0.2) is 4.79 Å². The molecule has 0 saturated carbocycles. The molecule has 0 aromatic carbocycles. The van der Waals surface area contributed by atoms with Crippen molar-refractivity contribution in [3.05, 3.63) is 24.4 Å². The molecule has 0 aliphatic carbocycles. The highest BCUT2D eigenvalue weighted by Gasteiger charge is 2.27. The van der Waals surface area contributed by atoms with Gasteiger partial charge >= 0.3 is 6.09 Å². The Kier molecular flexibility index (Phi) is 9.42. The first-order valence-electron chi connectivity index (χ1n) is 7.46. The van der Waals surface area contributed by atoms with Crippen LogP contribution < -0.4 is 0 Å². The van der Waals surface area contributed by atoms with Crippen LogP contribution >= 0.6 is 0 Å². The summed E-state index contributed by atoms with van der Waals surface area (Å²) in [5.74, 6) is 0.356. The first-order chi connectivity index (χ1) is 10.3. The van der Waals surface area contributed by atoms with Gasteiger partial charge in [-0.3, -0.25) is 4.99 Å². The molecule has 1 saturated heterocycles. The van der Waals surface area contributed by atoms with E-state index in [2.05, 4.69) is 23.0 Å². The summed E-state index contributed by atoms with van der Waals surface area (Å²) in [5, 5.41) is 0. The first kappa shape index (κ1) is 20.4. The second-order valence-corrected chi connectivity index (χ2v) is 6.14. The standard InChI is InChI=1S/C15H24N2O2.C2H6O/c1-6-7-13(16-5)12-8-10-17(11-9-12)14(18)19-15(2,3)4;1-3-2/h6-7,12H,1,5,8-11H2,2-4H3;1-2H3/b13-7-;. The Morgan fingerprint density at radius 2 is 1.77 bits per heavy atom. The topological polar surface area (TPSA) is 51.1 Å². The van der Waals surface area contributed by atoms with Gasteiger partial charge in [0.1, 0.15) is 5.60 Å². The maximum absolute atomic E-state index is 11.9. The predicted molar refractivity (Wildman–Crippen MR) is 91.3 cm³/mol. The van der Waals surface area contributed by atoms with E-state index in [1.54, 1.807) is 25.2 Å². The number of hydrogen-bond donors (Lipinski definition) is 0. The van der Waals surface area contributed by atoms with Crippen molar-refractivity contribution in [1.29, 1.82) is 0 Å². The van der Waals surface area contributed by atoms with E-state index in [1.165, 1.54) is 0 Å². The zero-order valence-corrected chi connectivity index (χ0v) is 14.6. The zero-order valence-electron chi connectivity index (χ0n) is 14.6. The fourth-order valence-electron chi connectivity index (χ4n) is 2.12. The quantitative estimate of drug-likeness (QED) is 0.590. The molecule has 1 aliphatic rings. The van der Waals surface area contributed by atoms with E-state index in [-0.39, 0.29) is 6.09 Å². The summed E-state index contributed by atoms with van der Waals surface area (Å²) >= 11 is 0. The van der Waals surface area contributed by atoms with Gasteiger partial charge in [-0.05, 0) is 46.4 Å². The lowest BCUT2D eigenvalue weighted by atomic mass is 9.93. The smallest absolute Gasteiger partial charge is 0.410 e. The molecule has 1 rings (SSSR count). The van der Waals surface area contributed by atoms with Gasteiger partial charge in [-0.2, -0.15) is 0 Å². The summed E-state index contributed by atoms with van der Waals surface area (Å²) in [7, 11) is 3.25. The van der Waals surface area contributed by atoms with Crippen LogP contribution in [0.3, 0.4) is 0 Å². The van der Waals surface area contributed by atoms with Gasteiger partial charge in [0.05, 0.1) is 0 Å². The normalized spacial score (nSPS) is 16.4. The van der Waals surface area contributed by atoms with E-state index in [9.17, 15) is 4.79 Å². The van der Waals surface area contributed by atoms with Crippen LogP contribution in [0.25, 0.3) is 0 Å². The third kappa shape index (κ3) is 7.98. The summed E-state index contributed by atoms with van der Waals surface area (Å²) in [6.07, 6.45) is 5.16. The largest absolute Gasteiger partial charge is 0.444 e. The van der Waals surface area contributed by atoms with Crippen molar-refractivity contribution in [1.82, 2.24) is 4.90 Å². The van der Waals surface area contributed by atoms with E-state index in [4.69, 9.17) is 4.74 Å². The molecule has 0 atom stereocenters. The van der Waals surface area contributed by atoms with Crippen molar-refractivity contribution in [2.75, 3.05) is 27.3 Å². The number of piperidine rings is 1. The van der Waals surface area contributed by atoms with Gasteiger partial charge < -0.3 is 14.4 Å². The molecule has 1 heterocycles. The Morgan fingerprint density at radius 1 is 1.27 bits per heavy atom. The predicted octanol–water partition coefficient (Wildman–Crippen LogP) is 3.67. The minimum absolute atomic E-state index is 0.230. The minimum Gasteiger partial charge on any atom is -0.444 e. The van der Waals surface area contributed by atoms with Crippen molar-refractivity contribution in [3.8, 4) is 0 Å². The van der Waals surface area contributed by atoms with Crippen molar-refractivity contribution in [3.63, 3.8) is 0 Å². The van der Waals surface area contributed by atoms with Crippen molar-refractivity contribution in [2.24, 2.45) is 10.9 Å². The van der Waals surface area contributed by atoms with Crippen LogP contribution in [0.5, 0.6) is 0 Å². The molecule has 0 N–H and O–H groups in total. The summed E-state index contributed by atoms with van der Waals surface area (Å²) in [5.41, 5.74) is 0.517. The van der Waals surface area contributed by atoms with Crippen LogP contribution in [0.2, 0.25) is 0 Å². The van der Waals surface area contributed by atoms with Gasteiger partial charge in [-0.15, -0.1) is 0 Å². The summed E-state index contributed by atoms with van der Waals surface area (Å²) < 4.78 is 9.62. The Morgan fingerprint density at radius 3 is 2.14 bits per heavy atom. The van der Waals surface area contributed by atoms with Gasteiger partial charge in [0, 0.05) is 38.9 Å². The second kappa shape index (κ2) is 10.2. The molecule has 0 aromatic rings. The highest BCUT2D eigenvalue weighted by atomic mass is 16.6. The van der Waals surface area contributed by atoms with E-state index >= 15 is 0 Å². The Hall–Kier alpha value is -1.62. The number of likely N-dealkylation sites (tertiary alicyclic amines) is 1. The highest BCUT2D eigenvalue weighted by molar-refractivity contribution is 5.68. The molecule has 5 heteroatoms. The Bertz CT molecular complexity index is 389. The van der Waals surface area contributed by atoms with Crippen molar-refractivity contribution < 1.29 is 14.3 Å². The van der Waals surface area contributed by atoms with Gasteiger partial charge in [0.15, 0.2) is 0 Å². The molecule has 1 aliphatic heterocycles. The van der Waals surface area contributed by atoms with Gasteiger partial charge in [0.25, 0.3) is 0 Å². The third-order valence-electron chi connectivity index (χ3n) is 3.04. The number of ether oxygens (including phenoxy) is 2. The van der Waals surface area contributed by atoms with Crippen LogP contribution in [0, 0.1) is 5.92 Å². The SMILES string of the molecule is C=C/C=C(\N=C)C1CCN(C(=O)OC(C)(C)C)CC1.COC. The lowest BCUT2D eigenvalue weighted by Gasteiger charge is -2.33. The Labute approximate surface area is 134 Å². The molecular formula is C17H30N2O3. The minimum atomic E-state index is -0.440. The molecule has 1 amide bonds. The van der Waals surface area contributed by atoms with Crippen molar-refractivity contribution >= 4 is 12.8 Å². The third-order valence-corrected chi connectivity index (χ3v) is 3.04. The number of rotatable bonds is 3. The molecule has 0 spiro atoms. The number of aliphatic imine (C=N–C) groups is 1. The molecule has 5 nitrogen and oxygen atoms in total. The van der Waals surface area contributed by atoms with E-state index in [1.807, 2.05) is 26.8 Å². The van der Waals surface area contributed by atoms with Crippen LogP contribution in [-0.2, 0) is 9.47 Å². The summed E-state index contributed by atoms with van der Waals surface area (Å²) in [6, 6.07) is 0. The fourth-order valence-corrected chi connectivity index (χ4v) is 2.12. The van der Waals surface area contributed by atoms with Crippen LogP contribution in [0.1, 0.15) is 33.6 Å². The number of carbonyl (C=O) groups is 1. The second-order valence-electron chi connectivity index (χ2n) is 6.14. The van der Waals surface area contributed by atoms with E-state index in [0.29, 0.717) is 19.0 Å². The number of allylic oxidation sites excluding steroid dienone is 3. The monoisotopic (exact) mass is 310 g/mol.